The number of aryl methyl sites for hydroxylation is 1. The molecule has 2 nitrogen and oxygen atoms in total. The fraction of sp³-hybridized carbons (Fsp3) is 0.455. The van der Waals surface area contributed by atoms with Gasteiger partial charge in [-0.2, -0.15) is 0 Å². The van der Waals surface area contributed by atoms with Gasteiger partial charge in [0.05, 0.1) is 5.02 Å². The Morgan fingerprint density at radius 2 is 1.88 bits per heavy atom. The van der Waals surface area contributed by atoms with Gasteiger partial charge >= 0.3 is 0 Å². The fourth-order valence-corrected chi connectivity index (χ4v) is 3.82. The van der Waals surface area contributed by atoms with Crippen LogP contribution < -0.4 is 0 Å². The second-order valence-electron chi connectivity index (χ2n) is 7.20. The number of hydrogen-bond acceptors (Lipinski definition) is 2. The molecule has 0 amide bonds. The highest BCUT2D eigenvalue weighted by Gasteiger charge is 2.19. The highest BCUT2D eigenvalue weighted by Crippen LogP contribution is 2.32. The van der Waals surface area contributed by atoms with Crippen molar-refractivity contribution in [3.8, 4) is 11.4 Å². The lowest BCUT2D eigenvalue weighted by Crippen LogP contribution is -2.13. The SMILES string of the molecule is CC/C=C/C1CCC(CCc2cnc(-c3ccc(F)c(Cl)c3)nc2)CC1. The van der Waals surface area contributed by atoms with Gasteiger partial charge in [0, 0.05) is 18.0 Å². The average molecular weight is 373 g/mol. The molecule has 26 heavy (non-hydrogen) atoms. The van der Waals surface area contributed by atoms with Crippen molar-refractivity contribution in [2.75, 3.05) is 0 Å². The van der Waals surface area contributed by atoms with Gasteiger partial charge in [0.15, 0.2) is 5.82 Å². The van der Waals surface area contributed by atoms with Crippen molar-refractivity contribution in [3.63, 3.8) is 0 Å². The van der Waals surface area contributed by atoms with Crippen molar-refractivity contribution in [2.24, 2.45) is 11.8 Å². The first-order chi connectivity index (χ1) is 12.7. The Hall–Kier alpha value is -1.74. The molecule has 1 saturated carbocycles. The summed E-state index contributed by atoms with van der Waals surface area (Å²) < 4.78 is 13.3. The van der Waals surface area contributed by atoms with Crippen molar-refractivity contribution >= 4 is 11.6 Å². The Labute approximate surface area is 160 Å². The summed E-state index contributed by atoms with van der Waals surface area (Å²) in [5.74, 6) is 1.76. The maximum atomic E-state index is 13.3. The Balaban J connectivity index is 1.50. The van der Waals surface area contributed by atoms with Gasteiger partial charge in [0.25, 0.3) is 0 Å². The number of hydrogen-bond donors (Lipinski definition) is 0. The van der Waals surface area contributed by atoms with Crippen LogP contribution in [0.5, 0.6) is 0 Å². The third-order valence-electron chi connectivity index (χ3n) is 5.26. The van der Waals surface area contributed by atoms with Crippen molar-refractivity contribution in [3.05, 3.63) is 59.1 Å². The second-order valence-corrected chi connectivity index (χ2v) is 7.61. The summed E-state index contributed by atoms with van der Waals surface area (Å²) in [4.78, 5) is 8.86. The summed E-state index contributed by atoms with van der Waals surface area (Å²) in [5, 5.41) is 0.0968. The van der Waals surface area contributed by atoms with E-state index in [1.165, 1.54) is 38.2 Å². The summed E-state index contributed by atoms with van der Waals surface area (Å²) >= 11 is 5.83. The van der Waals surface area contributed by atoms with Crippen LogP contribution in [0.15, 0.2) is 42.7 Å². The molecule has 0 bridgehead atoms. The summed E-state index contributed by atoms with van der Waals surface area (Å²) in [7, 11) is 0. The number of halogens is 2. The Morgan fingerprint density at radius 1 is 1.15 bits per heavy atom. The minimum absolute atomic E-state index is 0.0968. The third-order valence-corrected chi connectivity index (χ3v) is 5.55. The molecule has 0 unspecified atom stereocenters. The predicted molar refractivity (Wildman–Crippen MR) is 106 cm³/mol. The molecule has 0 saturated heterocycles. The van der Waals surface area contributed by atoms with E-state index >= 15 is 0 Å². The average Bonchev–Trinajstić information content (AvgIpc) is 2.68. The summed E-state index contributed by atoms with van der Waals surface area (Å²) in [6.07, 6.45) is 17.1. The zero-order valence-corrected chi connectivity index (χ0v) is 16.1. The number of rotatable bonds is 6. The van der Waals surface area contributed by atoms with Crippen LogP contribution in [-0.4, -0.2) is 9.97 Å². The van der Waals surface area contributed by atoms with E-state index < -0.39 is 5.82 Å². The van der Waals surface area contributed by atoms with Gasteiger partial charge in [-0.05, 0) is 80.5 Å². The Morgan fingerprint density at radius 3 is 2.54 bits per heavy atom. The van der Waals surface area contributed by atoms with Gasteiger partial charge in [-0.1, -0.05) is 30.7 Å². The molecule has 1 aromatic carbocycles. The monoisotopic (exact) mass is 372 g/mol. The first-order valence-electron chi connectivity index (χ1n) is 9.58. The minimum Gasteiger partial charge on any atom is -0.236 e. The minimum atomic E-state index is -0.424. The Bertz CT molecular complexity index is 734. The molecule has 1 fully saturated rings. The van der Waals surface area contributed by atoms with Gasteiger partial charge in [0.2, 0.25) is 0 Å². The van der Waals surface area contributed by atoms with Crippen LogP contribution in [0.2, 0.25) is 5.02 Å². The lowest BCUT2D eigenvalue weighted by Gasteiger charge is -2.26. The molecule has 3 rings (SSSR count). The van der Waals surface area contributed by atoms with E-state index in [0.29, 0.717) is 5.82 Å². The first-order valence-corrected chi connectivity index (χ1v) is 9.96. The fourth-order valence-electron chi connectivity index (χ4n) is 3.64. The molecule has 0 N–H and O–H groups in total. The maximum Gasteiger partial charge on any atom is 0.159 e. The van der Waals surface area contributed by atoms with E-state index in [-0.39, 0.29) is 5.02 Å². The van der Waals surface area contributed by atoms with Crippen LogP contribution in [0.1, 0.15) is 51.0 Å². The third kappa shape index (κ3) is 5.14. The predicted octanol–water partition coefficient (Wildman–Crippen LogP) is 6.64. The lowest BCUT2D eigenvalue weighted by atomic mass is 9.79. The molecule has 0 radical (unpaired) electrons. The van der Waals surface area contributed by atoms with E-state index in [2.05, 4.69) is 29.0 Å². The van der Waals surface area contributed by atoms with Crippen LogP contribution in [0.3, 0.4) is 0 Å². The topological polar surface area (TPSA) is 25.8 Å². The molecular weight excluding hydrogens is 347 g/mol. The van der Waals surface area contributed by atoms with Gasteiger partial charge in [0.1, 0.15) is 5.82 Å². The normalized spacial score (nSPS) is 20.6. The summed E-state index contributed by atoms with van der Waals surface area (Å²) in [5.41, 5.74) is 1.90. The van der Waals surface area contributed by atoms with E-state index in [1.807, 2.05) is 12.4 Å². The number of aromatic nitrogens is 2. The number of benzene rings is 1. The van der Waals surface area contributed by atoms with Crippen LogP contribution in [0, 0.1) is 17.7 Å². The molecule has 0 atom stereocenters. The van der Waals surface area contributed by atoms with Crippen molar-refractivity contribution in [2.45, 2.75) is 51.9 Å². The lowest BCUT2D eigenvalue weighted by molar-refractivity contribution is 0.296. The largest absolute Gasteiger partial charge is 0.236 e. The molecule has 0 aliphatic heterocycles. The molecule has 1 aromatic heterocycles. The maximum absolute atomic E-state index is 13.3. The van der Waals surface area contributed by atoms with Gasteiger partial charge in [-0.25, -0.2) is 14.4 Å². The van der Waals surface area contributed by atoms with E-state index in [0.717, 1.165) is 35.8 Å². The van der Waals surface area contributed by atoms with E-state index in [9.17, 15) is 4.39 Å². The summed E-state index contributed by atoms with van der Waals surface area (Å²) in [6.45, 7) is 2.19. The molecule has 1 aliphatic carbocycles. The van der Waals surface area contributed by atoms with Crippen molar-refractivity contribution < 1.29 is 4.39 Å². The van der Waals surface area contributed by atoms with Crippen LogP contribution in [-0.2, 0) is 6.42 Å². The standard InChI is InChI=1S/C22H26ClFN2/c1-2-3-4-16-5-7-17(8-6-16)9-10-18-14-25-22(26-15-18)19-11-12-21(24)20(23)13-19/h3-4,11-17H,2,5-10H2,1H3/b4-3+. The second kappa shape index (κ2) is 9.27. The molecular formula is C22H26ClFN2. The smallest absolute Gasteiger partial charge is 0.159 e. The molecule has 4 heteroatoms. The van der Waals surface area contributed by atoms with Gasteiger partial charge in [-0.3, -0.25) is 0 Å². The summed E-state index contributed by atoms with van der Waals surface area (Å²) in [6, 6.07) is 4.57. The zero-order chi connectivity index (χ0) is 18.4. The number of nitrogens with zero attached hydrogens (tertiary/aromatic N) is 2. The first kappa shape index (κ1) is 19.0. The highest BCUT2D eigenvalue weighted by atomic mass is 35.5. The van der Waals surface area contributed by atoms with E-state index in [1.54, 1.807) is 12.1 Å². The van der Waals surface area contributed by atoms with Crippen LogP contribution in [0.25, 0.3) is 11.4 Å². The quantitative estimate of drug-likeness (QED) is 0.531. The van der Waals surface area contributed by atoms with E-state index in [4.69, 9.17) is 11.6 Å². The Kier molecular flexibility index (Phi) is 6.79. The van der Waals surface area contributed by atoms with Gasteiger partial charge < -0.3 is 0 Å². The molecule has 1 heterocycles. The van der Waals surface area contributed by atoms with Crippen LogP contribution >= 0.6 is 11.6 Å². The van der Waals surface area contributed by atoms with Crippen molar-refractivity contribution in [1.82, 2.24) is 9.97 Å². The van der Waals surface area contributed by atoms with Gasteiger partial charge in [-0.15, -0.1) is 0 Å². The van der Waals surface area contributed by atoms with Crippen LogP contribution in [0.4, 0.5) is 4.39 Å². The molecule has 0 spiro atoms. The number of allylic oxidation sites excluding steroid dienone is 2. The molecule has 1 aliphatic rings. The molecule has 2 aromatic rings. The zero-order valence-electron chi connectivity index (χ0n) is 15.3. The highest BCUT2D eigenvalue weighted by molar-refractivity contribution is 6.31. The molecule has 138 valence electrons. The van der Waals surface area contributed by atoms with Crippen molar-refractivity contribution in [1.29, 1.82) is 0 Å².